The van der Waals surface area contributed by atoms with Crippen LogP contribution in [0.5, 0.6) is 5.88 Å². The number of sulfone groups is 1. The first-order valence-electron chi connectivity index (χ1n) is 11.4. The molecule has 35 heavy (non-hydrogen) atoms. The Morgan fingerprint density at radius 3 is 2.63 bits per heavy atom. The number of hydrogen-bond donors (Lipinski definition) is 0. The monoisotopic (exact) mass is 494 g/mol. The van der Waals surface area contributed by atoms with Crippen LogP contribution in [0.25, 0.3) is 16.7 Å². The van der Waals surface area contributed by atoms with E-state index < -0.39 is 15.1 Å². The maximum atomic E-state index is 12.8. The Kier molecular flexibility index (Phi) is 6.10. The molecular weight excluding hydrogens is 468 g/mol. The van der Waals surface area contributed by atoms with Gasteiger partial charge in [-0.1, -0.05) is 12.2 Å². The Bertz CT molecular complexity index is 1440. The fourth-order valence-corrected chi connectivity index (χ4v) is 5.17. The van der Waals surface area contributed by atoms with E-state index in [1.807, 2.05) is 24.0 Å². The Morgan fingerprint density at radius 1 is 1.14 bits per heavy atom. The predicted molar refractivity (Wildman–Crippen MR) is 131 cm³/mol. The highest BCUT2D eigenvalue weighted by atomic mass is 32.2. The Labute approximate surface area is 203 Å². The number of likely N-dealkylation sites (tertiary alicyclic amines) is 1. The van der Waals surface area contributed by atoms with Crippen molar-refractivity contribution < 1.29 is 17.9 Å². The molecule has 3 aromatic rings. The van der Waals surface area contributed by atoms with E-state index in [-0.39, 0.29) is 12.0 Å². The smallest absolute Gasteiger partial charge is 0.255 e. The van der Waals surface area contributed by atoms with Gasteiger partial charge in [-0.3, -0.25) is 9.78 Å². The van der Waals surface area contributed by atoms with E-state index in [0.717, 1.165) is 11.3 Å². The van der Waals surface area contributed by atoms with Crippen molar-refractivity contribution in [2.75, 3.05) is 19.3 Å². The van der Waals surface area contributed by atoms with E-state index in [4.69, 9.17) is 4.74 Å². The number of fused-ring (bicyclic) bond motifs is 1. The van der Waals surface area contributed by atoms with Gasteiger partial charge in [0.15, 0.2) is 15.5 Å². The van der Waals surface area contributed by atoms with Crippen LogP contribution in [0.15, 0.2) is 49.2 Å². The van der Waals surface area contributed by atoms with Gasteiger partial charge in [-0.25, -0.2) is 23.1 Å². The van der Waals surface area contributed by atoms with E-state index in [9.17, 15) is 13.2 Å². The second-order valence-electron chi connectivity index (χ2n) is 8.92. The summed E-state index contributed by atoms with van der Waals surface area (Å²) >= 11 is 0. The van der Waals surface area contributed by atoms with Crippen LogP contribution >= 0.6 is 0 Å². The summed E-state index contributed by atoms with van der Waals surface area (Å²) in [6, 6.07) is 1.85. The highest BCUT2D eigenvalue weighted by Crippen LogP contribution is 2.28. The lowest BCUT2D eigenvalue weighted by molar-refractivity contribution is 0.0590. The maximum absolute atomic E-state index is 12.8. The van der Waals surface area contributed by atoms with Gasteiger partial charge < -0.3 is 9.64 Å². The van der Waals surface area contributed by atoms with Gasteiger partial charge in [0.2, 0.25) is 5.88 Å². The highest BCUT2D eigenvalue weighted by molar-refractivity contribution is 7.91. The molecule has 1 aliphatic carbocycles. The molecule has 1 unspecified atom stereocenters. The van der Waals surface area contributed by atoms with Crippen molar-refractivity contribution in [3.8, 4) is 5.88 Å². The van der Waals surface area contributed by atoms with Gasteiger partial charge in [0.1, 0.15) is 17.8 Å². The lowest BCUT2D eigenvalue weighted by Crippen LogP contribution is -2.41. The standard InChI is InChI=1S/C24H26N6O4S/c1-16-11-17(13-25-12-16)24(31)29-9-7-19(8-10-29)34-23-21-14-28-30(22(21)26-15-27-23)18-3-5-20(6-4-18)35(2,32)33/h3-5,11-15,19-20H,6-10H2,1-2H3. The van der Waals surface area contributed by atoms with Crippen molar-refractivity contribution >= 4 is 32.5 Å². The molecule has 5 rings (SSSR count). The molecule has 1 amide bonds. The fourth-order valence-electron chi connectivity index (χ4n) is 4.36. The molecule has 2 aliphatic rings. The highest BCUT2D eigenvalue weighted by Gasteiger charge is 2.26. The zero-order valence-corrected chi connectivity index (χ0v) is 20.4. The molecule has 182 valence electrons. The molecule has 0 aromatic carbocycles. The van der Waals surface area contributed by atoms with Crippen LogP contribution < -0.4 is 4.74 Å². The van der Waals surface area contributed by atoms with Crippen LogP contribution in [0.1, 0.15) is 35.2 Å². The lowest BCUT2D eigenvalue weighted by Gasteiger charge is -2.32. The van der Waals surface area contributed by atoms with E-state index in [0.29, 0.717) is 54.8 Å². The largest absolute Gasteiger partial charge is 0.474 e. The number of nitrogens with zero attached hydrogens (tertiary/aromatic N) is 6. The minimum absolute atomic E-state index is 0.0164. The third kappa shape index (κ3) is 4.81. The molecule has 1 atom stereocenters. The first-order valence-corrected chi connectivity index (χ1v) is 13.4. The molecule has 3 aromatic heterocycles. The number of aromatic nitrogens is 5. The molecule has 1 fully saturated rings. The van der Waals surface area contributed by atoms with Gasteiger partial charge >= 0.3 is 0 Å². The van der Waals surface area contributed by atoms with Gasteiger partial charge in [-0.05, 0) is 31.1 Å². The zero-order chi connectivity index (χ0) is 24.6. The number of aryl methyl sites for hydroxylation is 1. The average Bonchev–Trinajstić information content (AvgIpc) is 3.29. The third-order valence-electron chi connectivity index (χ3n) is 6.29. The third-order valence-corrected chi connectivity index (χ3v) is 7.74. The Morgan fingerprint density at radius 2 is 1.94 bits per heavy atom. The summed E-state index contributed by atoms with van der Waals surface area (Å²) in [5, 5.41) is 4.59. The van der Waals surface area contributed by atoms with Crippen LogP contribution in [-0.4, -0.2) is 74.7 Å². The van der Waals surface area contributed by atoms with Crippen molar-refractivity contribution in [3.63, 3.8) is 0 Å². The topological polar surface area (TPSA) is 120 Å². The average molecular weight is 495 g/mol. The van der Waals surface area contributed by atoms with E-state index >= 15 is 0 Å². The maximum Gasteiger partial charge on any atom is 0.255 e. The lowest BCUT2D eigenvalue weighted by atomic mass is 10.1. The minimum atomic E-state index is -3.15. The fraction of sp³-hybridized carbons (Fsp3) is 0.375. The number of carbonyl (C=O) groups excluding carboxylic acids is 1. The number of piperidine rings is 1. The Balaban J connectivity index is 1.27. The number of hydrogen-bond acceptors (Lipinski definition) is 8. The van der Waals surface area contributed by atoms with Crippen molar-refractivity contribution in [3.05, 3.63) is 60.3 Å². The summed E-state index contributed by atoms with van der Waals surface area (Å²) in [5.74, 6) is 0.431. The van der Waals surface area contributed by atoms with Crippen LogP contribution in [0, 0.1) is 6.92 Å². The van der Waals surface area contributed by atoms with Crippen molar-refractivity contribution in [2.24, 2.45) is 0 Å². The summed E-state index contributed by atoms with van der Waals surface area (Å²) in [5.41, 5.74) is 2.89. The van der Waals surface area contributed by atoms with Crippen LogP contribution in [-0.2, 0) is 9.84 Å². The Hall–Kier alpha value is -3.60. The van der Waals surface area contributed by atoms with Crippen molar-refractivity contribution in [1.29, 1.82) is 0 Å². The number of rotatable bonds is 5. The summed E-state index contributed by atoms with van der Waals surface area (Å²) in [6.45, 7) is 3.09. The van der Waals surface area contributed by atoms with Crippen molar-refractivity contribution in [1.82, 2.24) is 29.6 Å². The molecule has 10 nitrogen and oxygen atoms in total. The molecular formula is C24H26N6O4S. The molecule has 1 saturated heterocycles. The van der Waals surface area contributed by atoms with Gasteiger partial charge in [-0.2, -0.15) is 5.10 Å². The predicted octanol–water partition coefficient (Wildman–Crippen LogP) is 2.43. The zero-order valence-electron chi connectivity index (χ0n) is 19.5. The van der Waals surface area contributed by atoms with E-state index in [1.54, 1.807) is 35.4 Å². The number of ether oxygens (including phenoxy) is 1. The normalized spacial score (nSPS) is 19.1. The summed E-state index contributed by atoms with van der Waals surface area (Å²) in [7, 11) is -3.15. The second kappa shape index (κ2) is 9.21. The van der Waals surface area contributed by atoms with Gasteiger partial charge in [0.05, 0.1) is 22.7 Å². The molecule has 0 saturated carbocycles. The molecule has 0 radical (unpaired) electrons. The minimum Gasteiger partial charge on any atom is -0.474 e. The quantitative estimate of drug-likeness (QED) is 0.530. The van der Waals surface area contributed by atoms with Crippen molar-refractivity contribution in [2.45, 2.75) is 37.5 Å². The van der Waals surface area contributed by atoms with Crippen LogP contribution in [0.4, 0.5) is 0 Å². The molecule has 1 aliphatic heterocycles. The summed E-state index contributed by atoms with van der Waals surface area (Å²) < 4.78 is 31.5. The number of amides is 1. The van der Waals surface area contributed by atoms with Crippen LogP contribution in [0.2, 0.25) is 0 Å². The number of carbonyl (C=O) groups is 1. The van der Waals surface area contributed by atoms with E-state index in [2.05, 4.69) is 20.1 Å². The molecule has 4 heterocycles. The molecule has 0 spiro atoms. The van der Waals surface area contributed by atoms with Crippen LogP contribution in [0.3, 0.4) is 0 Å². The van der Waals surface area contributed by atoms with Gasteiger partial charge in [-0.15, -0.1) is 0 Å². The molecule has 0 N–H and O–H groups in total. The number of allylic oxidation sites excluding steroid dienone is 3. The number of pyridine rings is 1. The molecule has 11 heteroatoms. The summed E-state index contributed by atoms with van der Waals surface area (Å²) in [4.78, 5) is 27.4. The second-order valence-corrected chi connectivity index (χ2v) is 11.2. The SMILES string of the molecule is Cc1cncc(C(=O)N2CCC(Oc3ncnc4c3cnn4C3=CCC(S(C)(=O)=O)C=C3)CC2)c1. The molecule has 0 bridgehead atoms. The summed E-state index contributed by atoms with van der Waals surface area (Å²) in [6.07, 6.45) is 14.6. The van der Waals surface area contributed by atoms with E-state index in [1.165, 1.54) is 12.6 Å². The first kappa shape index (κ1) is 23.2. The van der Waals surface area contributed by atoms with Gasteiger partial charge in [0.25, 0.3) is 5.91 Å². The van der Waals surface area contributed by atoms with Gasteiger partial charge in [0, 0.05) is 44.6 Å². The first-order chi connectivity index (χ1) is 16.8.